The molecule has 2 aromatic carbocycles. The van der Waals surface area contributed by atoms with E-state index in [4.69, 9.17) is 23.2 Å². The van der Waals surface area contributed by atoms with E-state index in [1.807, 2.05) is 30.3 Å². The lowest BCUT2D eigenvalue weighted by Crippen LogP contribution is -2.39. The standard InChI is InChI=1S/C19H18Cl2N6O/c20-13-8-9-16(15(21)11-13)22-19(28)17-7-4-10-26(17)12-18-23-24-25-27(18)14-5-2-1-3-6-14/h1-3,5-6,8-9,11,17H,4,7,10,12H2,(H,22,28)/t17-/m1/s1. The van der Waals surface area contributed by atoms with Crippen LogP contribution >= 0.6 is 23.2 Å². The van der Waals surface area contributed by atoms with Gasteiger partial charge in [-0.3, -0.25) is 9.69 Å². The van der Waals surface area contributed by atoms with Crippen LogP contribution in [0.5, 0.6) is 0 Å². The van der Waals surface area contributed by atoms with Crippen LogP contribution in [0.25, 0.3) is 5.69 Å². The molecule has 0 unspecified atom stereocenters. The average molecular weight is 417 g/mol. The van der Waals surface area contributed by atoms with Crippen LogP contribution in [0.15, 0.2) is 48.5 Å². The molecule has 0 bridgehead atoms. The van der Waals surface area contributed by atoms with Crippen LogP contribution in [-0.4, -0.2) is 43.6 Å². The number of carbonyl (C=O) groups excluding carboxylic acids is 1. The third-order valence-electron chi connectivity index (χ3n) is 4.73. The summed E-state index contributed by atoms with van der Waals surface area (Å²) >= 11 is 12.1. The molecule has 4 rings (SSSR count). The number of carbonyl (C=O) groups is 1. The largest absolute Gasteiger partial charge is 0.323 e. The number of hydrogen-bond donors (Lipinski definition) is 1. The predicted molar refractivity (Wildman–Crippen MR) is 108 cm³/mol. The zero-order valence-corrected chi connectivity index (χ0v) is 16.4. The third-order valence-corrected chi connectivity index (χ3v) is 5.28. The Morgan fingerprint density at radius 3 is 2.79 bits per heavy atom. The van der Waals surface area contributed by atoms with Gasteiger partial charge in [0.25, 0.3) is 0 Å². The van der Waals surface area contributed by atoms with Gasteiger partial charge in [-0.15, -0.1) is 5.10 Å². The summed E-state index contributed by atoms with van der Waals surface area (Å²) in [6.07, 6.45) is 1.70. The number of halogens is 2. The van der Waals surface area contributed by atoms with Crippen LogP contribution in [0, 0.1) is 0 Å². The number of nitrogens with one attached hydrogen (secondary N) is 1. The van der Waals surface area contributed by atoms with E-state index in [0.29, 0.717) is 28.1 Å². The van der Waals surface area contributed by atoms with E-state index >= 15 is 0 Å². The number of anilines is 1. The number of amides is 1. The van der Waals surface area contributed by atoms with E-state index in [2.05, 4.69) is 25.7 Å². The third kappa shape index (κ3) is 4.01. The van der Waals surface area contributed by atoms with Gasteiger partial charge in [0.05, 0.1) is 29.0 Å². The monoisotopic (exact) mass is 416 g/mol. The molecule has 28 heavy (non-hydrogen) atoms. The first kappa shape index (κ1) is 18.9. The minimum atomic E-state index is -0.271. The summed E-state index contributed by atoms with van der Waals surface area (Å²) in [4.78, 5) is 14.9. The van der Waals surface area contributed by atoms with E-state index in [1.165, 1.54) is 0 Å². The van der Waals surface area contributed by atoms with Gasteiger partial charge in [0, 0.05) is 5.02 Å². The lowest BCUT2D eigenvalue weighted by molar-refractivity contribution is -0.120. The van der Waals surface area contributed by atoms with Crippen molar-refractivity contribution in [3.8, 4) is 5.69 Å². The molecular weight excluding hydrogens is 399 g/mol. The molecule has 0 spiro atoms. The zero-order valence-electron chi connectivity index (χ0n) is 14.9. The maximum Gasteiger partial charge on any atom is 0.241 e. The Kier molecular flexibility index (Phi) is 5.57. The number of para-hydroxylation sites is 1. The fourth-order valence-corrected chi connectivity index (χ4v) is 3.83. The fraction of sp³-hybridized carbons (Fsp3) is 0.263. The zero-order chi connectivity index (χ0) is 19.5. The van der Waals surface area contributed by atoms with Crippen molar-refractivity contribution in [2.24, 2.45) is 0 Å². The molecule has 1 atom stereocenters. The highest BCUT2D eigenvalue weighted by Crippen LogP contribution is 2.27. The Labute approximate surface area is 172 Å². The maximum atomic E-state index is 12.8. The van der Waals surface area contributed by atoms with E-state index in [-0.39, 0.29) is 11.9 Å². The molecule has 1 amide bonds. The lowest BCUT2D eigenvalue weighted by atomic mass is 10.2. The normalized spacial score (nSPS) is 17.0. The Bertz CT molecular complexity index is 978. The van der Waals surface area contributed by atoms with Crippen LogP contribution in [0.3, 0.4) is 0 Å². The highest BCUT2D eigenvalue weighted by molar-refractivity contribution is 6.36. The molecule has 1 aliphatic heterocycles. The topological polar surface area (TPSA) is 75.9 Å². The minimum Gasteiger partial charge on any atom is -0.323 e. The number of likely N-dealkylation sites (tertiary alicyclic amines) is 1. The molecule has 9 heteroatoms. The van der Waals surface area contributed by atoms with Gasteiger partial charge in [0.15, 0.2) is 5.82 Å². The molecule has 1 aliphatic rings. The van der Waals surface area contributed by atoms with E-state index in [0.717, 1.165) is 25.1 Å². The summed E-state index contributed by atoms with van der Waals surface area (Å²) in [5, 5.41) is 15.9. The molecule has 144 valence electrons. The molecule has 0 saturated carbocycles. The van der Waals surface area contributed by atoms with Gasteiger partial charge in [-0.1, -0.05) is 41.4 Å². The Morgan fingerprint density at radius 1 is 1.18 bits per heavy atom. The first-order valence-corrected chi connectivity index (χ1v) is 9.70. The Morgan fingerprint density at radius 2 is 2.00 bits per heavy atom. The van der Waals surface area contributed by atoms with Crippen molar-refractivity contribution < 1.29 is 4.79 Å². The van der Waals surface area contributed by atoms with Gasteiger partial charge in [-0.05, 0) is 60.1 Å². The highest BCUT2D eigenvalue weighted by atomic mass is 35.5. The molecule has 1 aromatic heterocycles. The molecule has 1 N–H and O–H groups in total. The van der Waals surface area contributed by atoms with Crippen molar-refractivity contribution in [3.05, 3.63) is 64.4 Å². The van der Waals surface area contributed by atoms with Crippen molar-refractivity contribution in [1.82, 2.24) is 25.1 Å². The molecule has 0 radical (unpaired) electrons. The highest BCUT2D eigenvalue weighted by Gasteiger charge is 2.32. The SMILES string of the molecule is O=C(Nc1ccc(Cl)cc1Cl)[C@H]1CCCN1Cc1nnnn1-c1ccccc1. The lowest BCUT2D eigenvalue weighted by Gasteiger charge is -2.23. The van der Waals surface area contributed by atoms with Gasteiger partial charge in [-0.2, -0.15) is 4.68 Å². The Hall–Kier alpha value is -2.48. The average Bonchev–Trinajstić information content (AvgIpc) is 3.34. The molecule has 2 heterocycles. The first-order valence-electron chi connectivity index (χ1n) is 8.94. The van der Waals surface area contributed by atoms with Gasteiger partial charge >= 0.3 is 0 Å². The van der Waals surface area contributed by atoms with E-state index < -0.39 is 0 Å². The molecular formula is C19H18Cl2N6O. The molecule has 3 aromatic rings. The van der Waals surface area contributed by atoms with Crippen LogP contribution in [0.2, 0.25) is 10.0 Å². The van der Waals surface area contributed by atoms with Crippen molar-refractivity contribution in [2.75, 3.05) is 11.9 Å². The summed E-state index contributed by atoms with van der Waals surface area (Å²) in [6.45, 7) is 1.28. The van der Waals surface area contributed by atoms with Crippen molar-refractivity contribution in [3.63, 3.8) is 0 Å². The molecule has 1 saturated heterocycles. The number of benzene rings is 2. The number of tetrazole rings is 1. The fourth-order valence-electron chi connectivity index (χ4n) is 3.37. The molecule has 1 fully saturated rings. The minimum absolute atomic E-state index is 0.0968. The van der Waals surface area contributed by atoms with Crippen molar-refractivity contribution >= 4 is 34.8 Å². The number of nitrogens with zero attached hydrogens (tertiary/aromatic N) is 5. The smallest absolute Gasteiger partial charge is 0.241 e. The number of hydrogen-bond acceptors (Lipinski definition) is 5. The quantitative estimate of drug-likeness (QED) is 0.687. The molecule has 7 nitrogen and oxygen atoms in total. The second kappa shape index (κ2) is 8.26. The van der Waals surface area contributed by atoms with Gasteiger partial charge in [0.1, 0.15) is 0 Å². The van der Waals surface area contributed by atoms with Crippen molar-refractivity contribution in [1.29, 1.82) is 0 Å². The first-order chi connectivity index (χ1) is 13.6. The predicted octanol–water partition coefficient (Wildman–Crippen LogP) is 3.57. The maximum absolute atomic E-state index is 12.8. The van der Waals surface area contributed by atoms with Crippen LogP contribution in [0.4, 0.5) is 5.69 Å². The number of aromatic nitrogens is 4. The summed E-state index contributed by atoms with van der Waals surface area (Å²) in [7, 11) is 0. The second-order valence-electron chi connectivity index (χ2n) is 6.58. The van der Waals surface area contributed by atoms with E-state index in [1.54, 1.807) is 22.9 Å². The van der Waals surface area contributed by atoms with Crippen LogP contribution in [0.1, 0.15) is 18.7 Å². The molecule has 0 aliphatic carbocycles. The summed E-state index contributed by atoms with van der Waals surface area (Å²) in [5.74, 6) is 0.593. The Balaban J connectivity index is 1.49. The summed E-state index contributed by atoms with van der Waals surface area (Å²) < 4.78 is 1.70. The van der Waals surface area contributed by atoms with Crippen molar-refractivity contribution in [2.45, 2.75) is 25.4 Å². The number of rotatable bonds is 5. The van der Waals surface area contributed by atoms with Gasteiger partial charge < -0.3 is 5.32 Å². The van der Waals surface area contributed by atoms with Crippen LogP contribution in [-0.2, 0) is 11.3 Å². The summed E-state index contributed by atoms with van der Waals surface area (Å²) in [6, 6.07) is 14.4. The van der Waals surface area contributed by atoms with E-state index in [9.17, 15) is 4.79 Å². The van der Waals surface area contributed by atoms with Gasteiger partial charge in [0.2, 0.25) is 5.91 Å². The van der Waals surface area contributed by atoms with Crippen LogP contribution < -0.4 is 5.32 Å². The summed E-state index contributed by atoms with van der Waals surface area (Å²) in [5.41, 5.74) is 1.44. The van der Waals surface area contributed by atoms with Gasteiger partial charge in [-0.25, -0.2) is 0 Å². The second-order valence-corrected chi connectivity index (χ2v) is 7.43.